The smallest absolute Gasteiger partial charge is 0.274 e. The minimum Gasteiger partial charge on any atom is -0.288 e. The first-order valence-corrected chi connectivity index (χ1v) is 8.52. The van der Waals surface area contributed by atoms with Crippen molar-refractivity contribution in [3.8, 4) is 0 Å². The van der Waals surface area contributed by atoms with Crippen molar-refractivity contribution in [3.05, 3.63) is 108 Å². The second-order valence-corrected chi connectivity index (χ2v) is 5.42. The van der Waals surface area contributed by atoms with Gasteiger partial charge in [-0.1, -0.05) is 54.6 Å². The molecule has 0 saturated heterocycles. The van der Waals surface area contributed by atoms with Crippen LogP contribution in [0.3, 0.4) is 0 Å². The fourth-order valence-corrected chi connectivity index (χ4v) is 1.96. The first-order valence-electron chi connectivity index (χ1n) is 8.52. The van der Waals surface area contributed by atoms with Gasteiger partial charge in [-0.2, -0.15) is 0 Å². The average Bonchev–Trinajstić information content (AvgIpc) is 2.85. The van der Waals surface area contributed by atoms with Crippen LogP contribution < -0.4 is 16.4 Å². The second-order valence-electron chi connectivity index (χ2n) is 5.42. The molecule has 0 heterocycles. The number of hydrogen-bond donors (Lipinski definition) is 6. The van der Waals surface area contributed by atoms with E-state index < -0.39 is 17.7 Å². The van der Waals surface area contributed by atoms with E-state index in [2.05, 4.69) is 0 Å². The van der Waals surface area contributed by atoms with Crippen LogP contribution in [0.1, 0.15) is 31.1 Å². The van der Waals surface area contributed by atoms with Crippen LogP contribution in [-0.4, -0.2) is 33.3 Å². The molecule has 0 aliphatic rings. The van der Waals surface area contributed by atoms with E-state index in [4.69, 9.17) is 15.6 Å². The Bertz CT molecular complexity index is 790. The Balaban J connectivity index is 0.000000429. The first kappa shape index (κ1) is 27.5. The molecule has 10 heteroatoms. The van der Waals surface area contributed by atoms with E-state index in [1.807, 2.05) is 0 Å². The van der Waals surface area contributed by atoms with Crippen LogP contribution in [-0.2, 0) is 17.1 Å². The third kappa shape index (κ3) is 10.7. The molecule has 0 unspecified atom stereocenters. The summed E-state index contributed by atoms with van der Waals surface area (Å²) in [6, 6.07) is 25.5. The van der Waals surface area contributed by atoms with Crippen LogP contribution in [0.4, 0.5) is 0 Å². The van der Waals surface area contributed by atoms with Crippen LogP contribution >= 0.6 is 0 Å². The second kappa shape index (κ2) is 16.3. The fourth-order valence-electron chi connectivity index (χ4n) is 1.96. The maximum absolute atomic E-state index is 10.7. The normalized spacial score (nSPS) is 8.61. The molecule has 3 rings (SSSR count). The third-order valence-electron chi connectivity index (χ3n) is 3.41. The zero-order valence-corrected chi connectivity index (χ0v) is 17.2. The van der Waals surface area contributed by atoms with Crippen molar-refractivity contribution in [2.24, 2.45) is 0 Å². The van der Waals surface area contributed by atoms with Gasteiger partial charge in [0.25, 0.3) is 17.7 Å². The van der Waals surface area contributed by atoms with Gasteiger partial charge in [0.1, 0.15) is 0 Å². The maximum Gasteiger partial charge on any atom is 0.274 e. The molecule has 164 valence electrons. The van der Waals surface area contributed by atoms with E-state index in [9.17, 15) is 14.4 Å². The molecule has 0 aliphatic heterocycles. The monoisotopic (exact) mass is 467 g/mol. The molecule has 3 amide bonds. The number of hydrogen-bond acceptors (Lipinski definition) is 6. The Labute approximate surface area is 189 Å². The zero-order valence-electron chi connectivity index (χ0n) is 16.1. The van der Waals surface area contributed by atoms with Crippen LogP contribution in [0.5, 0.6) is 0 Å². The van der Waals surface area contributed by atoms with Gasteiger partial charge in [0.2, 0.25) is 0 Å². The quantitative estimate of drug-likeness (QED) is 0.198. The van der Waals surface area contributed by atoms with E-state index in [1.54, 1.807) is 107 Å². The molecule has 3 aromatic carbocycles. The van der Waals surface area contributed by atoms with Gasteiger partial charge in [0.15, 0.2) is 0 Å². The van der Waals surface area contributed by atoms with Crippen molar-refractivity contribution < 1.29 is 47.1 Å². The molecule has 0 aliphatic carbocycles. The van der Waals surface area contributed by atoms with Gasteiger partial charge in [-0.05, 0) is 36.4 Å². The predicted octanol–water partition coefficient (Wildman–Crippen LogP) is 2.41. The van der Waals surface area contributed by atoms with E-state index >= 15 is 0 Å². The number of hydroxylamine groups is 3. The van der Waals surface area contributed by atoms with Crippen LogP contribution in [0.15, 0.2) is 91.0 Å². The maximum atomic E-state index is 10.7. The Morgan fingerprint density at radius 2 is 0.645 bits per heavy atom. The van der Waals surface area contributed by atoms with Crippen molar-refractivity contribution in [1.29, 1.82) is 0 Å². The van der Waals surface area contributed by atoms with Gasteiger partial charge in [-0.3, -0.25) is 30.0 Å². The third-order valence-corrected chi connectivity index (χ3v) is 3.41. The van der Waals surface area contributed by atoms with E-state index in [0.29, 0.717) is 16.7 Å². The minimum absolute atomic E-state index is 0. The van der Waals surface area contributed by atoms with Crippen molar-refractivity contribution in [2.75, 3.05) is 0 Å². The van der Waals surface area contributed by atoms with E-state index in [0.717, 1.165) is 0 Å². The van der Waals surface area contributed by atoms with Crippen LogP contribution in [0, 0.1) is 0 Å². The Hall–Kier alpha value is -3.53. The first-order chi connectivity index (χ1) is 14.5. The minimum atomic E-state index is -0.486. The van der Waals surface area contributed by atoms with E-state index in [-0.39, 0.29) is 17.1 Å². The van der Waals surface area contributed by atoms with E-state index in [1.165, 1.54) is 0 Å². The van der Waals surface area contributed by atoms with Gasteiger partial charge in [0.05, 0.1) is 0 Å². The number of carbonyl (C=O) groups is 3. The summed E-state index contributed by atoms with van der Waals surface area (Å²) in [5.41, 5.74) is 5.97. The Kier molecular flexibility index (Phi) is 14.4. The summed E-state index contributed by atoms with van der Waals surface area (Å²) in [5, 5.41) is 24.6. The summed E-state index contributed by atoms with van der Waals surface area (Å²) in [6.45, 7) is 0. The largest absolute Gasteiger partial charge is 0.288 e. The molecule has 6 N–H and O–H groups in total. The van der Waals surface area contributed by atoms with Gasteiger partial charge < -0.3 is 0 Å². The van der Waals surface area contributed by atoms with Crippen molar-refractivity contribution in [1.82, 2.24) is 16.4 Å². The summed E-state index contributed by atoms with van der Waals surface area (Å²) < 4.78 is 0. The van der Waals surface area contributed by atoms with Crippen LogP contribution in [0.25, 0.3) is 0 Å². The van der Waals surface area contributed by atoms with Crippen LogP contribution in [0.2, 0.25) is 0 Å². The molecule has 9 nitrogen and oxygen atoms in total. The molecule has 3 aromatic rings. The predicted molar refractivity (Wildman–Crippen MR) is 107 cm³/mol. The average molecular weight is 467 g/mol. The van der Waals surface area contributed by atoms with Gasteiger partial charge in [-0.25, -0.2) is 16.4 Å². The summed E-state index contributed by atoms with van der Waals surface area (Å²) in [7, 11) is 0. The molecule has 0 radical (unpaired) electrons. The van der Waals surface area contributed by atoms with Gasteiger partial charge in [0, 0.05) is 33.8 Å². The van der Waals surface area contributed by atoms with Crippen molar-refractivity contribution in [3.63, 3.8) is 0 Å². The zero-order chi connectivity index (χ0) is 22.2. The topological polar surface area (TPSA) is 148 Å². The number of amides is 3. The number of carbonyl (C=O) groups excluding carboxylic acids is 3. The van der Waals surface area contributed by atoms with Crippen molar-refractivity contribution >= 4 is 17.7 Å². The standard InChI is InChI=1S/3C7H7NO2.Fe/c3*9-7(8-10)6-4-2-1-3-5-6;/h3*1-5,10H,(H,8,9);. The van der Waals surface area contributed by atoms with Gasteiger partial charge >= 0.3 is 0 Å². The molecule has 31 heavy (non-hydrogen) atoms. The summed E-state index contributed by atoms with van der Waals surface area (Å²) in [5.74, 6) is -1.46. The molecule has 0 spiro atoms. The fraction of sp³-hybridized carbons (Fsp3) is 0. The molecule has 0 saturated carbocycles. The number of benzene rings is 3. The Morgan fingerprint density at radius 1 is 0.452 bits per heavy atom. The SMILES string of the molecule is O=C(NO)c1ccccc1.O=C(NO)c1ccccc1.O=C(NO)c1ccccc1.[Fe]. The number of rotatable bonds is 3. The van der Waals surface area contributed by atoms with Crippen molar-refractivity contribution in [2.45, 2.75) is 0 Å². The molecule has 0 fully saturated rings. The molecule has 0 atom stereocenters. The Morgan fingerprint density at radius 3 is 0.806 bits per heavy atom. The number of nitrogens with one attached hydrogen (secondary N) is 3. The molecular formula is C21H21FeN3O6. The molecular weight excluding hydrogens is 446 g/mol. The summed E-state index contributed by atoms with van der Waals surface area (Å²) >= 11 is 0. The molecule has 0 aromatic heterocycles. The summed E-state index contributed by atoms with van der Waals surface area (Å²) in [6.07, 6.45) is 0. The molecule has 0 bridgehead atoms. The summed E-state index contributed by atoms with van der Waals surface area (Å²) in [4.78, 5) is 32.0. The van der Waals surface area contributed by atoms with Gasteiger partial charge in [-0.15, -0.1) is 0 Å².